The summed E-state index contributed by atoms with van der Waals surface area (Å²) >= 11 is 0. The quantitative estimate of drug-likeness (QED) is 0.814. The molecule has 0 aliphatic carbocycles. The van der Waals surface area contributed by atoms with Gasteiger partial charge in [-0.2, -0.15) is 15.0 Å². The van der Waals surface area contributed by atoms with E-state index in [1.165, 1.54) is 0 Å². The molecular weight excluding hydrogens is 256 g/mol. The third-order valence-corrected chi connectivity index (χ3v) is 3.05. The summed E-state index contributed by atoms with van der Waals surface area (Å²) < 4.78 is 5.47. The molecule has 1 saturated heterocycles. The molecule has 1 fully saturated rings. The highest BCUT2D eigenvalue weighted by atomic mass is 16.5. The number of nitrogens with one attached hydrogen (secondary N) is 2. The minimum atomic E-state index is 0.278. The summed E-state index contributed by atoms with van der Waals surface area (Å²) in [5, 5.41) is 6.55. The van der Waals surface area contributed by atoms with Crippen LogP contribution in [0.2, 0.25) is 0 Å². The molecule has 1 unspecified atom stereocenters. The summed E-state index contributed by atoms with van der Waals surface area (Å²) in [5.74, 6) is 1.88. The van der Waals surface area contributed by atoms with Gasteiger partial charge in [0.25, 0.3) is 0 Å². The van der Waals surface area contributed by atoms with Gasteiger partial charge in [-0.15, -0.1) is 0 Å². The number of hydrogen-bond acceptors (Lipinski definition) is 7. The molecular formula is C13H24N6O. The van der Waals surface area contributed by atoms with Crippen LogP contribution in [0.1, 0.15) is 26.2 Å². The molecule has 2 heterocycles. The van der Waals surface area contributed by atoms with E-state index in [0.29, 0.717) is 24.5 Å². The van der Waals surface area contributed by atoms with E-state index in [9.17, 15) is 0 Å². The standard InChI is InChI=1S/C13H24N6O/c1-4-7-14-11-16-12(18-13(17-11)19(2)3)15-10-6-5-8-20-9-10/h10H,4-9H2,1-3H3,(H2,14,15,16,17,18). The highest BCUT2D eigenvalue weighted by Gasteiger charge is 2.16. The van der Waals surface area contributed by atoms with Gasteiger partial charge in [-0.25, -0.2) is 0 Å². The lowest BCUT2D eigenvalue weighted by Crippen LogP contribution is -2.31. The molecule has 7 nitrogen and oxygen atoms in total. The van der Waals surface area contributed by atoms with Crippen LogP contribution in [-0.4, -0.2) is 54.8 Å². The summed E-state index contributed by atoms with van der Waals surface area (Å²) in [6.45, 7) is 4.52. The van der Waals surface area contributed by atoms with Gasteiger partial charge in [0, 0.05) is 27.2 Å². The van der Waals surface area contributed by atoms with Gasteiger partial charge >= 0.3 is 0 Å². The zero-order valence-electron chi connectivity index (χ0n) is 12.5. The second-order valence-electron chi connectivity index (χ2n) is 5.16. The Hall–Kier alpha value is -1.63. The molecule has 1 aromatic rings. The molecule has 0 aromatic carbocycles. The fraction of sp³-hybridized carbons (Fsp3) is 0.769. The van der Waals surface area contributed by atoms with Crippen LogP contribution < -0.4 is 15.5 Å². The van der Waals surface area contributed by atoms with Gasteiger partial charge < -0.3 is 20.3 Å². The predicted molar refractivity (Wildman–Crippen MR) is 80.4 cm³/mol. The maximum absolute atomic E-state index is 5.47. The molecule has 2 N–H and O–H groups in total. The van der Waals surface area contributed by atoms with Crippen LogP contribution in [0, 0.1) is 0 Å². The van der Waals surface area contributed by atoms with Crippen LogP contribution >= 0.6 is 0 Å². The molecule has 1 aliphatic rings. The van der Waals surface area contributed by atoms with E-state index < -0.39 is 0 Å². The molecule has 1 atom stereocenters. The van der Waals surface area contributed by atoms with Gasteiger partial charge in [0.15, 0.2) is 0 Å². The Kier molecular flexibility index (Phi) is 5.34. The van der Waals surface area contributed by atoms with Crippen LogP contribution in [0.5, 0.6) is 0 Å². The minimum Gasteiger partial charge on any atom is -0.379 e. The van der Waals surface area contributed by atoms with Gasteiger partial charge in [0.05, 0.1) is 12.6 Å². The first-order valence-corrected chi connectivity index (χ1v) is 7.20. The highest BCUT2D eigenvalue weighted by molar-refractivity contribution is 5.43. The van der Waals surface area contributed by atoms with Gasteiger partial charge in [-0.05, 0) is 19.3 Å². The van der Waals surface area contributed by atoms with Crippen molar-refractivity contribution in [2.75, 3.05) is 49.4 Å². The Labute approximate surface area is 120 Å². The van der Waals surface area contributed by atoms with Crippen LogP contribution in [-0.2, 0) is 4.74 Å². The van der Waals surface area contributed by atoms with E-state index in [0.717, 1.165) is 32.4 Å². The smallest absolute Gasteiger partial charge is 0.231 e. The summed E-state index contributed by atoms with van der Waals surface area (Å²) in [7, 11) is 3.85. The fourth-order valence-electron chi connectivity index (χ4n) is 1.98. The van der Waals surface area contributed by atoms with Gasteiger partial charge in [0.1, 0.15) is 0 Å². The van der Waals surface area contributed by atoms with Crippen molar-refractivity contribution in [3.05, 3.63) is 0 Å². The van der Waals surface area contributed by atoms with Crippen molar-refractivity contribution in [2.24, 2.45) is 0 Å². The second-order valence-corrected chi connectivity index (χ2v) is 5.16. The van der Waals surface area contributed by atoms with Gasteiger partial charge in [-0.1, -0.05) is 6.92 Å². The van der Waals surface area contributed by atoms with E-state index in [-0.39, 0.29) is 6.04 Å². The minimum absolute atomic E-state index is 0.278. The third kappa shape index (κ3) is 4.19. The molecule has 0 bridgehead atoms. The lowest BCUT2D eigenvalue weighted by molar-refractivity contribution is 0.0874. The summed E-state index contributed by atoms with van der Waals surface area (Å²) in [4.78, 5) is 15.1. The highest BCUT2D eigenvalue weighted by Crippen LogP contribution is 2.15. The molecule has 0 radical (unpaired) electrons. The fourth-order valence-corrected chi connectivity index (χ4v) is 1.98. The predicted octanol–water partition coefficient (Wildman–Crippen LogP) is 1.35. The van der Waals surface area contributed by atoms with Crippen molar-refractivity contribution >= 4 is 17.8 Å². The Bertz CT molecular complexity index is 419. The second kappa shape index (κ2) is 7.23. The van der Waals surface area contributed by atoms with Crippen molar-refractivity contribution < 1.29 is 4.74 Å². The normalized spacial score (nSPS) is 18.6. The SMILES string of the molecule is CCCNc1nc(NC2CCCOC2)nc(N(C)C)n1. The molecule has 1 aliphatic heterocycles. The number of anilines is 3. The van der Waals surface area contributed by atoms with E-state index in [1.54, 1.807) is 0 Å². The number of hydrogen-bond donors (Lipinski definition) is 2. The molecule has 0 spiro atoms. The summed E-state index contributed by atoms with van der Waals surface area (Å²) in [6, 6.07) is 0.278. The number of ether oxygens (including phenoxy) is 1. The van der Waals surface area contributed by atoms with Gasteiger partial charge in [0.2, 0.25) is 17.8 Å². The molecule has 7 heteroatoms. The van der Waals surface area contributed by atoms with Crippen molar-refractivity contribution in [3.63, 3.8) is 0 Å². The van der Waals surface area contributed by atoms with Crippen molar-refractivity contribution in [3.8, 4) is 0 Å². The van der Waals surface area contributed by atoms with Crippen LogP contribution in [0.4, 0.5) is 17.8 Å². The van der Waals surface area contributed by atoms with Crippen molar-refractivity contribution in [2.45, 2.75) is 32.2 Å². The lowest BCUT2D eigenvalue weighted by atomic mass is 10.1. The Morgan fingerprint density at radius 2 is 2.05 bits per heavy atom. The first-order chi connectivity index (χ1) is 9.69. The average Bonchev–Trinajstić information content (AvgIpc) is 2.46. The summed E-state index contributed by atoms with van der Waals surface area (Å²) in [6.07, 6.45) is 3.19. The zero-order valence-corrected chi connectivity index (χ0v) is 12.5. The first kappa shape index (κ1) is 14.8. The van der Waals surface area contributed by atoms with Gasteiger partial charge in [-0.3, -0.25) is 0 Å². The van der Waals surface area contributed by atoms with E-state index >= 15 is 0 Å². The molecule has 0 saturated carbocycles. The van der Waals surface area contributed by atoms with E-state index in [2.05, 4.69) is 32.5 Å². The Morgan fingerprint density at radius 3 is 2.70 bits per heavy atom. The average molecular weight is 280 g/mol. The zero-order chi connectivity index (χ0) is 14.4. The molecule has 20 heavy (non-hydrogen) atoms. The van der Waals surface area contributed by atoms with Crippen molar-refractivity contribution in [1.82, 2.24) is 15.0 Å². The lowest BCUT2D eigenvalue weighted by Gasteiger charge is -2.23. The van der Waals surface area contributed by atoms with Crippen LogP contribution in [0.25, 0.3) is 0 Å². The Morgan fingerprint density at radius 1 is 1.25 bits per heavy atom. The number of nitrogens with zero attached hydrogens (tertiary/aromatic N) is 4. The number of aromatic nitrogens is 3. The number of rotatable bonds is 6. The summed E-state index contributed by atoms with van der Waals surface area (Å²) in [5.41, 5.74) is 0. The maximum Gasteiger partial charge on any atom is 0.231 e. The van der Waals surface area contributed by atoms with E-state index in [1.807, 2.05) is 19.0 Å². The van der Waals surface area contributed by atoms with Crippen LogP contribution in [0.3, 0.4) is 0 Å². The molecule has 2 rings (SSSR count). The monoisotopic (exact) mass is 280 g/mol. The van der Waals surface area contributed by atoms with Crippen LogP contribution in [0.15, 0.2) is 0 Å². The maximum atomic E-state index is 5.47. The Balaban J connectivity index is 2.10. The third-order valence-electron chi connectivity index (χ3n) is 3.05. The largest absolute Gasteiger partial charge is 0.379 e. The molecule has 1 aromatic heterocycles. The molecule has 112 valence electrons. The topological polar surface area (TPSA) is 75.2 Å². The van der Waals surface area contributed by atoms with E-state index in [4.69, 9.17) is 4.74 Å². The first-order valence-electron chi connectivity index (χ1n) is 7.20. The van der Waals surface area contributed by atoms with Crippen molar-refractivity contribution in [1.29, 1.82) is 0 Å². The molecule has 0 amide bonds.